The molecule has 0 spiro atoms. The number of hydrogen-bond donors (Lipinski definition) is 5. The number of aryl methyl sites for hydroxylation is 1. The number of carbonyl (C=O) groups excluding carboxylic acids is 2. The zero-order valence-electron chi connectivity index (χ0n) is 29.3. The standard InChI is InChI=1S/C43H47N3O5/c1-2-3-4-5-6-9-32(47)14-11-28-13-16-40(49)42(24-28)51-22-19-29-12-15-39(48)37(23-29)36-27-41(50)33-18-21-45-38(33)10-7-8-30-26-35-31(25-34(30)36)17-20-46-43(35)44/h6,9,12-13,15-16,18,21,23-26,36,43,45-46,48-49H,2-5,10-11,14,17,19-20,22,27,44H2,1H3. The van der Waals surface area contributed by atoms with E-state index in [1.54, 1.807) is 36.5 Å². The first-order chi connectivity index (χ1) is 24.8. The fraction of sp³-hybridized carbons (Fsp3) is 0.349. The van der Waals surface area contributed by atoms with Gasteiger partial charge in [-0.1, -0.05) is 61.9 Å². The van der Waals surface area contributed by atoms with Gasteiger partial charge in [-0.3, -0.25) is 14.9 Å². The van der Waals surface area contributed by atoms with Gasteiger partial charge in [-0.2, -0.15) is 0 Å². The van der Waals surface area contributed by atoms with Crippen LogP contribution >= 0.6 is 0 Å². The van der Waals surface area contributed by atoms with E-state index in [1.165, 1.54) is 6.42 Å². The van der Waals surface area contributed by atoms with Gasteiger partial charge >= 0.3 is 0 Å². The van der Waals surface area contributed by atoms with Crippen LogP contribution in [0.25, 0.3) is 0 Å². The molecular formula is C43H47N3O5. The number of unbranched alkanes of at least 4 members (excludes halogenated alkanes) is 3. The minimum Gasteiger partial charge on any atom is -0.508 e. The average Bonchev–Trinajstić information content (AvgIpc) is 3.60. The summed E-state index contributed by atoms with van der Waals surface area (Å²) in [6.45, 7) is 3.19. The Balaban J connectivity index is 1.20. The molecule has 8 nitrogen and oxygen atoms in total. The Morgan fingerprint density at radius 1 is 1.00 bits per heavy atom. The quantitative estimate of drug-likeness (QED) is 0.0575. The Morgan fingerprint density at radius 2 is 1.82 bits per heavy atom. The van der Waals surface area contributed by atoms with Crippen LogP contribution in [0, 0.1) is 11.8 Å². The maximum atomic E-state index is 13.8. The Bertz CT molecular complexity index is 1980. The van der Waals surface area contributed by atoms with Crippen LogP contribution in [0.15, 0.2) is 72.9 Å². The van der Waals surface area contributed by atoms with Gasteiger partial charge in [0.1, 0.15) is 5.75 Å². The number of phenols is 2. The number of fused-ring (bicyclic) bond motifs is 3. The molecule has 1 aromatic heterocycles. The molecule has 3 aromatic carbocycles. The monoisotopic (exact) mass is 685 g/mol. The van der Waals surface area contributed by atoms with Gasteiger partial charge in [0.15, 0.2) is 23.1 Å². The van der Waals surface area contributed by atoms with Crippen LogP contribution < -0.4 is 15.8 Å². The zero-order chi connectivity index (χ0) is 35.7. The highest BCUT2D eigenvalue weighted by Gasteiger charge is 2.29. The molecule has 0 fully saturated rings. The predicted molar refractivity (Wildman–Crippen MR) is 199 cm³/mol. The van der Waals surface area contributed by atoms with Crippen molar-refractivity contribution in [2.45, 2.75) is 83.2 Å². The Morgan fingerprint density at radius 3 is 2.67 bits per heavy atom. The summed E-state index contributed by atoms with van der Waals surface area (Å²) >= 11 is 0. The minimum atomic E-state index is -0.449. The number of Topliss-reactive ketones (excluding diaryl/α,β-unsaturated/α-hetero) is 1. The number of H-pyrrole nitrogens is 1. The summed E-state index contributed by atoms with van der Waals surface area (Å²) in [5.41, 5.74) is 14.1. The lowest BCUT2D eigenvalue weighted by molar-refractivity contribution is -0.114. The van der Waals surface area contributed by atoms with Crippen molar-refractivity contribution in [3.63, 3.8) is 0 Å². The second-order valence-corrected chi connectivity index (χ2v) is 13.5. The van der Waals surface area contributed by atoms with Crippen LogP contribution in [0.5, 0.6) is 17.2 Å². The first kappa shape index (κ1) is 35.7. The molecule has 264 valence electrons. The molecule has 2 heterocycles. The topological polar surface area (TPSA) is 138 Å². The van der Waals surface area contributed by atoms with Crippen LogP contribution in [0.1, 0.15) is 113 Å². The maximum absolute atomic E-state index is 13.8. The number of hydrogen-bond acceptors (Lipinski definition) is 7. The third kappa shape index (κ3) is 8.80. The smallest absolute Gasteiger partial charge is 0.165 e. The molecule has 4 aromatic rings. The molecule has 1 aliphatic carbocycles. The van der Waals surface area contributed by atoms with Crippen LogP contribution in [0.4, 0.5) is 0 Å². The Kier molecular flexibility index (Phi) is 11.7. The lowest BCUT2D eigenvalue weighted by Gasteiger charge is -2.28. The zero-order valence-corrected chi connectivity index (χ0v) is 29.3. The number of ether oxygens (including phenoxy) is 1. The van der Waals surface area contributed by atoms with E-state index in [9.17, 15) is 19.8 Å². The minimum absolute atomic E-state index is 0.0184. The fourth-order valence-electron chi connectivity index (χ4n) is 7.00. The molecule has 8 heteroatoms. The molecule has 51 heavy (non-hydrogen) atoms. The number of carbonyl (C=O) groups is 2. The van der Waals surface area contributed by atoms with Crippen LogP contribution in [-0.2, 0) is 30.5 Å². The van der Waals surface area contributed by atoms with Crippen molar-refractivity contribution in [1.29, 1.82) is 0 Å². The molecular weight excluding hydrogens is 638 g/mol. The number of ketones is 2. The van der Waals surface area contributed by atoms with Gasteiger partial charge < -0.3 is 25.7 Å². The van der Waals surface area contributed by atoms with Crippen molar-refractivity contribution in [3.8, 4) is 29.1 Å². The molecule has 0 saturated carbocycles. The van der Waals surface area contributed by atoms with Crippen molar-refractivity contribution in [2.75, 3.05) is 13.2 Å². The lowest BCUT2D eigenvalue weighted by atomic mass is 9.79. The molecule has 2 unspecified atom stereocenters. The van der Waals surface area contributed by atoms with Crippen molar-refractivity contribution >= 4 is 11.6 Å². The van der Waals surface area contributed by atoms with E-state index >= 15 is 0 Å². The number of benzene rings is 3. The highest BCUT2D eigenvalue weighted by atomic mass is 16.5. The summed E-state index contributed by atoms with van der Waals surface area (Å²) in [7, 11) is 0. The summed E-state index contributed by atoms with van der Waals surface area (Å²) < 4.78 is 6.04. The van der Waals surface area contributed by atoms with E-state index in [1.807, 2.05) is 30.3 Å². The molecule has 2 atom stereocenters. The molecule has 1 aliphatic heterocycles. The van der Waals surface area contributed by atoms with Gasteiger partial charge in [-0.15, -0.1) is 0 Å². The Hall–Kier alpha value is -5.10. The van der Waals surface area contributed by atoms with E-state index in [0.717, 1.165) is 71.3 Å². The van der Waals surface area contributed by atoms with Gasteiger partial charge in [-0.25, -0.2) is 0 Å². The maximum Gasteiger partial charge on any atom is 0.165 e. The van der Waals surface area contributed by atoms with E-state index < -0.39 is 5.92 Å². The number of aromatic nitrogens is 1. The largest absolute Gasteiger partial charge is 0.508 e. The molecule has 6 rings (SSSR count). The highest BCUT2D eigenvalue weighted by Crippen LogP contribution is 2.40. The Labute approximate surface area is 300 Å². The molecule has 2 aliphatic rings. The predicted octanol–water partition coefficient (Wildman–Crippen LogP) is 7.10. The van der Waals surface area contributed by atoms with Crippen LogP contribution in [0.2, 0.25) is 0 Å². The van der Waals surface area contributed by atoms with Gasteiger partial charge in [0.25, 0.3) is 0 Å². The normalized spacial score (nSPS) is 16.9. The SMILES string of the molecule is CCCCCC=CC(=O)CCc1ccc(O)c(OCCc2ccc(O)c(C3CC(=O)c4cc[nH]c4CC#Cc4cc5c(cc43)CCNC5N)c2)c1. The molecule has 0 radical (unpaired) electrons. The van der Waals surface area contributed by atoms with E-state index in [0.29, 0.717) is 42.6 Å². The van der Waals surface area contributed by atoms with E-state index in [2.05, 4.69) is 35.1 Å². The third-order valence-electron chi connectivity index (χ3n) is 9.87. The summed E-state index contributed by atoms with van der Waals surface area (Å²) in [6, 6.07) is 16.6. The third-order valence-corrected chi connectivity index (χ3v) is 9.87. The number of aromatic hydroxyl groups is 2. The average molecular weight is 686 g/mol. The first-order valence-corrected chi connectivity index (χ1v) is 18.1. The second-order valence-electron chi connectivity index (χ2n) is 13.5. The number of rotatable bonds is 13. The van der Waals surface area contributed by atoms with Crippen molar-refractivity contribution in [1.82, 2.24) is 10.3 Å². The molecule has 0 saturated heterocycles. The van der Waals surface area contributed by atoms with Gasteiger partial charge in [0.2, 0.25) is 0 Å². The second kappa shape index (κ2) is 16.7. The molecule has 0 bridgehead atoms. The van der Waals surface area contributed by atoms with E-state index in [-0.39, 0.29) is 42.3 Å². The molecule has 0 amide bonds. The van der Waals surface area contributed by atoms with Crippen molar-refractivity contribution in [2.24, 2.45) is 5.73 Å². The molecule has 6 N–H and O–H groups in total. The highest BCUT2D eigenvalue weighted by molar-refractivity contribution is 5.98. The summed E-state index contributed by atoms with van der Waals surface area (Å²) in [5, 5.41) is 25.1. The number of aromatic amines is 1. The number of nitrogens with one attached hydrogen (secondary N) is 2. The summed E-state index contributed by atoms with van der Waals surface area (Å²) in [5.74, 6) is 6.75. The number of phenolic OH excluding ortho intramolecular Hbond substituents is 2. The first-order valence-electron chi connectivity index (χ1n) is 18.1. The van der Waals surface area contributed by atoms with Gasteiger partial charge in [0, 0.05) is 60.3 Å². The van der Waals surface area contributed by atoms with Crippen LogP contribution in [-0.4, -0.2) is 39.9 Å². The van der Waals surface area contributed by atoms with Crippen molar-refractivity contribution < 1.29 is 24.5 Å². The number of nitrogens with two attached hydrogens (primary N) is 1. The number of allylic oxidation sites excluding steroid dienone is 2. The fourth-order valence-corrected chi connectivity index (χ4v) is 7.00. The summed E-state index contributed by atoms with van der Waals surface area (Å²) in [6.07, 6.45) is 12.3. The lowest BCUT2D eigenvalue weighted by Crippen LogP contribution is -2.35. The van der Waals surface area contributed by atoms with Gasteiger partial charge in [0.05, 0.1) is 19.2 Å². The summed E-state index contributed by atoms with van der Waals surface area (Å²) in [4.78, 5) is 29.3. The van der Waals surface area contributed by atoms with Crippen LogP contribution in [0.3, 0.4) is 0 Å². The van der Waals surface area contributed by atoms with Gasteiger partial charge in [-0.05, 0) is 89.9 Å². The van der Waals surface area contributed by atoms with Crippen molar-refractivity contribution in [3.05, 3.63) is 123 Å². The van der Waals surface area contributed by atoms with E-state index in [4.69, 9.17) is 10.5 Å².